The highest BCUT2D eigenvalue weighted by Crippen LogP contribution is 2.40. The second-order valence-corrected chi connectivity index (χ2v) is 11.5. The number of piperazine rings is 1. The van der Waals surface area contributed by atoms with E-state index in [1.54, 1.807) is 31.4 Å². The van der Waals surface area contributed by atoms with Crippen molar-refractivity contribution >= 4 is 41.3 Å². The van der Waals surface area contributed by atoms with E-state index in [-0.39, 0.29) is 11.8 Å². The number of carbonyl (C=O) groups is 2. The third-order valence-electron chi connectivity index (χ3n) is 8.14. The molecule has 3 fully saturated rings. The van der Waals surface area contributed by atoms with E-state index in [2.05, 4.69) is 40.6 Å². The first-order valence-electron chi connectivity index (χ1n) is 14.4. The van der Waals surface area contributed by atoms with Crippen molar-refractivity contribution in [2.45, 2.75) is 44.1 Å². The van der Waals surface area contributed by atoms with Gasteiger partial charge >= 0.3 is 0 Å². The van der Waals surface area contributed by atoms with Crippen LogP contribution in [0.1, 0.15) is 44.2 Å². The number of hydrogen-bond acceptors (Lipinski definition) is 12. The van der Waals surface area contributed by atoms with Crippen LogP contribution in [0.2, 0.25) is 0 Å². The number of likely N-dealkylation sites (N-methyl/N-ethyl adjacent to an activating group) is 1. The average Bonchev–Trinajstić information content (AvgIpc) is 3.60. The molecule has 5 heterocycles. The molecule has 1 atom stereocenters. The lowest BCUT2D eigenvalue weighted by molar-refractivity contribution is -0.130. The summed E-state index contributed by atoms with van der Waals surface area (Å²) in [5, 5.41) is 13.7. The van der Waals surface area contributed by atoms with E-state index in [1.807, 2.05) is 17.9 Å². The average molecular weight is 576 g/mol. The first kappa shape index (κ1) is 27.8. The Hall–Kier alpha value is -4.40. The van der Waals surface area contributed by atoms with Gasteiger partial charge in [0, 0.05) is 71.2 Å². The second kappa shape index (κ2) is 11.5. The molecule has 0 spiro atoms. The number of hydrogen-bond donors (Lipinski definition) is 3. The number of anilines is 5. The summed E-state index contributed by atoms with van der Waals surface area (Å²) in [6.07, 6.45) is 8.37. The zero-order valence-corrected chi connectivity index (χ0v) is 24.2. The molecule has 15 heteroatoms. The van der Waals surface area contributed by atoms with Crippen molar-refractivity contribution in [2.75, 3.05) is 73.8 Å². The molecule has 0 unspecified atom stereocenters. The van der Waals surface area contributed by atoms with Crippen molar-refractivity contribution in [1.29, 1.82) is 0 Å². The van der Waals surface area contributed by atoms with Crippen LogP contribution in [0.4, 0.5) is 29.5 Å². The smallest absolute Gasteiger partial charge is 0.251 e. The Morgan fingerprint density at radius 2 is 1.86 bits per heavy atom. The van der Waals surface area contributed by atoms with Crippen molar-refractivity contribution in [3.63, 3.8) is 0 Å². The van der Waals surface area contributed by atoms with Crippen LogP contribution in [-0.4, -0.2) is 116 Å². The van der Waals surface area contributed by atoms with Crippen molar-refractivity contribution in [1.82, 2.24) is 44.9 Å². The fraction of sp³-hybridized carbons (Fsp3) is 0.556. The molecular formula is C27H37N13O2. The monoisotopic (exact) mass is 575 g/mol. The van der Waals surface area contributed by atoms with Gasteiger partial charge in [0.2, 0.25) is 23.8 Å². The lowest BCUT2D eigenvalue weighted by atomic mass is 9.98. The third-order valence-corrected chi connectivity index (χ3v) is 8.14. The molecule has 2 saturated heterocycles. The Morgan fingerprint density at radius 1 is 1.07 bits per heavy atom. The van der Waals surface area contributed by atoms with E-state index in [0.29, 0.717) is 81.1 Å². The van der Waals surface area contributed by atoms with Gasteiger partial charge < -0.3 is 25.3 Å². The number of aromatic amines is 1. The summed E-state index contributed by atoms with van der Waals surface area (Å²) in [5.74, 6) is 2.80. The zero-order valence-electron chi connectivity index (χ0n) is 24.2. The Kier molecular flexibility index (Phi) is 7.58. The fourth-order valence-corrected chi connectivity index (χ4v) is 5.36. The van der Waals surface area contributed by atoms with Gasteiger partial charge in [0.15, 0.2) is 5.82 Å². The molecule has 42 heavy (non-hydrogen) atoms. The molecule has 15 nitrogen and oxygen atoms in total. The normalized spacial score (nSPS) is 20.9. The summed E-state index contributed by atoms with van der Waals surface area (Å²) >= 11 is 0. The first-order valence-corrected chi connectivity index (χ1v) is 14.4. The summed E-state index contributed by atoms with van der Waals surface area (Å²) in [6.45, 7) is 5.62. The number of amides is 2. The molecule has 1 aliphatic carbocycles. The van der Waals surface area contributed by atoms with Crippen molar-refractivity contribution in [3.8, 4) is 0 Å². The summed E-state index contributed by atoms with van der Waals surface area (Å²) in [4.78, 5) is 56.3. The molecule has 3 N–H and O–H groups in total. The molecule has 3 aromatic heterocycles. The molecule has 2 amide bonds. The highest BCUT2D eigenvalue weighted by molar-refractivity contribution is 5.99. The summed E-state index contributed by atoms with van der Waals surface area (Å²) in [7, 11) is 3.54. The number of rotatable bonds is 9. The number of nitrogens with zero attached hydrogens (tertiary/aromatic N) is 10. The second-order valence-electron chi connectivity index (χ2n) is 11.5. The molecule has 6 rings (SSSR count). The molecule has 3 aliphatic rings. The van der Waals surface area contributed by atoms with E-state index >= 15 is 0 Å². The maximum Gasteiger partial charge on any atom is 0.251 e. The molecule has 0 aromatic carbocycles. The van der Waals surface area contributed by atoms with Gasteiger partial charge in [-0.15, -0.1) is 0 Å². The van der Waals surface area contributed by atoms with Gasteiger partial charge in [-0.05, 0) is 32.6 Å². The van der Waals surface area contributed by atoms with Gasteiger partial charge in [-0.2, -0.15) is 20.1 Å². The van der Waals surface area contributed by atoms with Crippen molar-refractivity contribution in [2.24, 2.45) is 0 Å². The topological polar surface area (TPSA) is 164 Å². The molecular weight excluding hydrogens is 538 g/mol. The maximum atomic E-state index is 13.6. The number of aromatic nitrogens is 7. The van der Waals surface area contributed by atoms with E-state index in [1.165, 1.54) is 6.20 Å². The van der Waals surface area contributed by atoms with Gasteiger partial charge in [0.25, 0.3) is 5.91 Å². The van der Waals surface area contributed by atoms with Crippen LogP contribution >= 0.6 is 0 Å². The van der Waals surface area contributed by atoms with Gasteiger partial charge in [0.05, 0.1) is 18.4 Å². The SMILES string of the molecule is CN(C)C(=O)CN1CCN(c2nc(Nc3cc(C4CC4)n[nH]3)nc(N3CCC[C@@]3(C)C(=O)Nc3cnccn3)n2)CC1. The summed E-state index contributed by atoms with van der Waals surface area (Å²) < 4.78 is 0. The Balaban J connectivity index is 1.26. The first-order chi connectivity index (χ1) is 20.3. The predicted molar refractivity (Wildman–Crippen MR) is 157 cm³/mol. The Bertz CT molecular complexity index is 1420. The molecule has 3 aromatic rings. The minimum Gasteiger partial charge on any atom is -0.348 e. The largest absolute Gasteiger partial charge is 0.348 e. The van der Waals surface area contributed by atoms with Crippen LogP contribution in [0.15, 0.2) is 24.7 Å². The number of H-pyrrole nitrogens is 1. The standard InChI is InChI=1S/C27H37N13O2/c1-27(23(42)30-21-16-28-8-9-29-21)7-4-10-40(27)26-33-24(31-20-15-19(35-36-20)18-5-6-18)32-25(34-26)39-13-11-38(12-14-39)17-22(41)37(2)3/h8-9,15-16,18H,4-7,10-14,17H2,1-3H3,(H,29,30,42)(H2,31,32,33,34,35,36)/t27-/m0/s1. The zero-order chi connectivity index (χ0) is 29.3. The van der Waals surface area contributed by atoms with Gasteiger partial charge in [-0.1, -0.05) is 0 Å². The molecule has 2 aliphatic heterocycles. The lowest BCUT2D eigenvalue weighted by Gasteiger charge is -2.36. The molecule has 0 radical (unpaired) electrons. The highest BCUT2D eigenvalue weighted by atomic mass is 16.2. The Labute approximate surface area is 244 Å². The van der Waals surface area contributed by atoms with E-state index < -0.39 is 5.54 Å². The number of nitrogens with one attached hydrogen (secondary N) is 3. The predicted octanol–water partition coefficient (Wildman–Crippen LogP) is 1.21. The van der Waals surface area contributed by atoms with Gasteiger partial charge in [0.1, 0.15) is 11.4 Å². The Morgan fingerprint density at radius 3 is 2.57 bits per heavy atom. The molecule has 0 bridgehead atoms. The van der Waals surface area contributed by atoms with Crippen LogP contribution in [0.5, 0.6) is 0 Å². The fourth-order valence-electron chi connectivity index (χ4n) is 5.36. The van der Waals surface area contributed by atoms with Crippen LogP contribution < -0.4 is 20.4 Å². The van der Waals surface area contributed by atoms with Crippen molar-refractivity contribution in [3.05, 3.63) is 30.4 Å². The van der Waals surface area contributed by atoms with Gasteiger partial charge in [-0.25, -0.2) is 4.98 Å². The van der Waals surface area contributed by atoms with Crippen LogP contribution in [0.25, 0.3) is 0 Å². The molecule has 222 valence electrons. The van der Waals surface area contributed by atoms with Crippen LogP contribution in [-0.2, 0) is 9.59 Å². The third kappa shape index (κ3) is 5.95. The minimum atomic E-state index is -0.897. The summed E-state index contributed by atoms with van der Waals surface area (Å²) in [6, 6.07) is 2.00. The van der Waals surface area contributed by atoms with E-state index in [4.69, 9.17) is 15.0 Å². The van der Waals surface area contributed by atoms with Crippen molar-refractivity contribution < 1.29 is 9.59 Å². The lowest BCUT2D eigenvalue weighted by Crippen LogP contribution is -2.52. The van der Waals surface area contributed by atoms with Crippen LogP contribution in [0.3, 0.4) is 0 Å². The summed E-state index contributed by atoms with van der Waals surface area (Å²) in [5.41, 5.74) is 0.134. The maximum absolute atomic E-state index is 13.6. The van der Waals surface area contributed by atoms with Gasteiger partial charge in [-0.3, -0.25) is 24.6 Å². The van der Waals surface area contributed by atoms with E-state index in [0.717, 1.165) is 25.0 Å². The van der Waals surface area contributed by atoms with E-state index in [9.17, 15) is 9.59 Å². The van der Waals surface area contributed by atoms with Crippen LogP contribution in [0, 0.1) is 0 Å². The highest BCUT2D eigenvalue weighted by Gasteiger charge is 2.45. The quantitative estimate of drug-likeness (QED) is 0.335. The number of carbonyl (C=O) groups excluding carboxylic acids is 2. The molecule has 1 saturated carbocycles. The minimum absolute atomic E-state index is 0.0792.